The van der Waals surface area contributed by atoms with E-state index in [0.717, 1.165) is 33.7 Å². The summed E-state index contributed by atoms with van der Waals surface area (Å²) in [5.74, 6) is 0.996. The van der Waals surface area contributed by atoms with Crippen LogP contribution in [0.25, 0.3) is 11.3 Å². The molecule has 1 aliphatic heterocycles. The monoisotopic (exact) mass is 380 g/mol. The van der Waals surface area contributed by atoms with Gasteiger partial charge in [-0.05, 0) is 61.7 Å². The van der Waals surface area contributed by atoms with E-state index in [2.05, 4.69) is 5.16 Å². The van der Waals surface area contributed by atoms with Gasteiger partial charge in [0.1, 0.15) is 17.3 Å². The van der Waals surface area contributed by atoms with E-state index in [1.807, 2.05) is 32.0 Å². The van der Waals surface area contributed by atoms with Gasteiger partial charge in [-0.1, -0.05) is 17.3 Å². The van der Waals surface area contributed by atoms with Crippen LogP contribution >= 0.6 is 0 Å². The van der Waals surface area contributed by atoms with E-state index in [0.29, 0.717) is 25.3 Å². The predicted octanol–water partition coefficient (Wildman–Crippen LogP) is 4.06. The highest BCUT2D eigenvalue weighted by atomic mass is 19.1. The van der Waals surface area contributed by atoms with E-state index < -0.39 is 0 Å². The summed E-state index contributed by atoms with van der Waals surface area (Å²) in [6.45, 7) is 4.93. The first-order valence-corrected chi connectivity index (χ1v) is 9.23. The smallest absolute Gasteiger partial charge is 0.260 e. The molecule has 6 heteroatoms. The quantitative estimate of drug-likeness (QED) is 0.685. The maximum atomic E-state index is 13.1. The van der Waals surface area contributed by atoms with Crippen LogP contribution in [0.3, 0.4) is 0 Å². The lowest BCUT2D eigenvalue weighted by atomic mass is 10.0. The minimum Gasteiger partial charge on any atom is -0.483 e. The van der Waals surface area contributed by atoms with Crippen molar-refractivity contribution in [3.63, 3.8) is 0 Å². The van der Waals surface area contributed by atoms with Crippen molar-refractivity contribution in [3.8, 4) is 17.1 Å². The topological polar surface area (TPSA) is 55.6 Å². The molecular weight excluding hydrogens is 359 g/mol. The van der Waals surface area contributed by atoms with E-state index >= 15 is 0 Å². The number of aromatic nitrogens is 1. The molecule has 3 aromatic rings. The van der Waals surface area contributed by atoms with Gasteiger partial charge in [0.25, 0.3) is 5.91 Å². The standard InChI is InChI=1S/C22H21FN2O3/c1-14-4-3-5-20(15(14)2)27-13-21(26)25-11-10-18-19(12-25)24-28-22(18)16-6-8-17(23)9-7-16/h3-9H,10-13H2,1-2H3. The highest BCUT2D eigenvalue weighted by Gasteiger charge is 2.27. The molecule has 5 nitrogen and oxygen atoms in total. The van der Waals surface area contributed by atoms with Crippen molar-refractivity contribution in [3.05, 3.63) is 70.7 Å². The Morgan fingerprint density at radius 1 is 1.21 bits per heavy atom. The third kappa shape index (κ3) is 3.50. The van der Waals surface area contributed by atoms with Crippen LogP contribution in [0.5, 0.6) is 5.75 Å². The Labute approximate surface area is 162 Å². The molecule has 2 heterocycles. The summed E-state index contributed by atoms with van der Waals surface area (Å²) in [5, 5.41) is 4.13. The summed E-state index contributed by atoms with van der Waals surface area (Å²) in [7, 11) is 0. The zero-order chi connectivity index (χ0) is 19.7. The van der Waals surface area contributed by atoms with Gasteiger partial charge in [-0.3, -0.25) is 4.79 Å². The molecule has 1 aromatic heterocycles. The van der Waals surface area contributed by atoms with Crippen LogP contribution in [0, 0.1) is 19.7 Å². The number of aryl methyl sites for hydroxylation is 1. The second-order valence-electron chi connectivity index (χ2n) is 7.00. The number of nitrogens with zero attached hydrogens (tertiary/aromatic N) is 2. The fraction of sp³-hybridized carbons (Fsp3) is 0.273. The number of benzene rings is 2. The van der Waals surface area contributed by atoms with E-state index in [9.17, 15) is 9.18 Å². The van der Waals surface area contributed by atoms with Gasteiger partial charge >= 0.3 is 0 Å². The molecule has 0 spiro atoms. The molecule has 1 aliphatic rings. The van der Waals surface area contributed by atoms with Gasteiger partial charge in [-0.2, -0.15) is 0 Å². The molecule has 0 bridgehead atoms. The van der Waals surface area contributed by atoms with Gasteiger partial charge in [0.15, 0.2) is 12.4 Å². The van der Waals surface area contributed by atoms with Crippen molar-refractivity contribution in [2.45, 2.75) is 26.8 Å². The third-order valence-corrected chi connectivity index (χ3v) is 5.21. The second kappa shape index (κ2) is 7.46. The average molecular weight is 380 g/mol. The molecule has 0 radical (unpaired) electrons. The lowest BCUT2D eigenvalue weighted by Crippen LogP contribution is -2.38. The Hall–Kier alpha value is -3.15. The van der Waals surface area contributed by atoms with Crippen LogP contribution in [-0.2, 0) is 17.8 Å². The third-order valence-electron chi connectivity index (χ3n) is 5.21. The van der Waals surface area contributed by atoms with Crippen LogP contribution < -0.4 is 4.74 Å². The average Bonchev–Trinajstić information content (AvgIpc) is 3.12. The predicted molar refractivity (Wildman–Crippen MR) is 102 cm³/mol. The molecule has 144 valence electrons. The van der Waals surface area contributed by atoms with Crippen LogP contribution in [0.15, 0.2) is 47.0 Å². The SMILES string of the molecule is Cc1cccc(OCC(=O)N2CCc3c(noc3-c3ccc(F)cc3)C2)c1C. The van der Waals surface area contributed by atoms with E-state index in [-0.39, 0.29) is 18.3 Å². The zero-order valence-corrected chi connectivity index (χ0v) is 15.9. The molecule has 28 heavy (non-hydrogen) atoms. The summed E-state index contributed by atoms with van der Waals surface area (Å²) in [6, 6.07) is 11.9. The number of hydrogen-bond donors (Lipinski definition) is 0. The minimum absolute atomic E-state index is 0.0116. The molecule has 2 aromatic carbocycles. The van der Waals surface area contributed by atoms with E-state index in [4.69, 9.17) is 9.26 Å². The van der Waals surface area contributed by atoms with Gasteiger partial charge in [0.05, 0.1) is 6.54 Å². The van der Waals surface area contributed by atoms with Crippen molar-refractivity contribution in [1.29, 1.82) is 0 Å². The lowest BCUT2D eigenvalue weighted by Gasteiger charge is -2.26. The summed E-state index contributed by atoms with van der Waals surface area (Å²) in [5.41, 5.74) is 4.67. The van der Waals surface area contributed by atoms with Gasteiger partial charge in [0, 0.05) is 17.7 Å². The highest BCUT2D eigenvalue weighted by molar-refractivity contribution is 5.78. The molecule has 0 fully saturated rings. The van der Waals surface area contributed by atoms with Crippen molar-refractivity contribution in [2.24, 2.45) is 0 Å². The Balaban J connectivity index is 1.43. The highest BCUT2D eigenvalue weighted by Crippen LogP contribution is 2.30. The Morgan fingerprint density at radius 3 is 2.79 bits per heavy atom. The van der Waals surface area contributed by atoms with Gasteiger partial charge in [-0.15, -0.1) is 0 Å². The lowest BCUT2D eigenvalue weighted by molar-refractivity contribution is -0.134. The number of rotatable bonds is 4. The Bertz CT molecular complexity index is 1010. The number of ether oxygens (including phenoxy) is 1. The molecule has 4 rings (SSSR count). The molecular formula is C22H21FN2O3. The molecule has 0 saturated carbocycles. The van der Waals surface area contributed by atoms with Crippen molar-refractivity contribution in [2.75, 3.05) is 13.2 Å². The summed E-state index contributed by atoms with van der Waals surface area (Å²) < 4.78 is 24.4. The molecule has 1 amide bonds. The zero-order valence-electron chi connectivity index (χ0n) is 15.9. The molecule has 0 atom stereocenters. The first-order valence-electron chi connectivity index (χ1n) is 9.23. The van der Waals surface area contributed by atoms with Gasteiger partial charge in [0.2, 0.25) is 0 Å². The number of carbonyl (C=O) groups is 1. The minimum atomic E-state index is -0.294. The number of fused-ring (bicyclic) bond motifs is 1. The van der Waals surface area contributed by atoms with Crippen molar-refractivity contribution >= 4 is 5.91 Å². The number of carbonyl (C=O) groups excluding carboxylic acids is 1. The van der Waals surface area contributed by atoms with Gasteiger partial charge < -0.3 is 14.2 Å². The number of halogens is 1. The number of hydrogen-bond acceptors (Lipinski definition) is 4. The van der Waals surface area contributed by atoms with Crippen molar-refractivity contribution in [1.82, 2.24) is 10.1 Å². The van der Waals surface area contributed by atoms with Crippen molar-refractivity contribution < 1.29 is 18.4 Å². The second-order valence-corrected chi connectivity index (χ2v) is 7.00. The molecule has 0 aliphatic carbocycles. The van der Waals surface area contributed by atoms with Gasteiger partial charge in [-0.25, -0.2) is 4.39 Å². The maximum Gasteiger partial charge on any atom is 0.260 e. The Morgan fingerprint density at radius 2 is 2.00 bits per heavy atom. The summed E-state index contributed by atoms with van der Waals surface area (Å²) >= 11 is 0. The fourth-order valence-electron chi connectivity index (χ4n) is 3.38. The summed E-state index contributed by atoms with van der Waals surface area (Å²) in [6.07, 6.45) is 0.640. The van der Waals surface area contributed by atoms with Crippen LogP contribution in [0.4, 0.5) is 4.39 Å². The van der Waals surface area contributed by atoms with Crippen LogP contribution in [-0.4, -0.2) is 29.1 Å². The van der Waals surface area contributed by atoms with E-state index in [1.165, 1.54) is 12.1 Å². The first kappa shape index (κ1) is 18.2. The van der Waals surface area contributed by atoms with Crippen LogP contribution in [0.2, 0.25) is 0 Å². The van der Waals surface area contributed by atoms with E-state index in [1.54, 1.807) is 17.0 Å². The fourth-order valence-corrected chi connectivity index (χ4v) is 3.38. The number of amides is 1. The maximum absolute atomic E-state index is 13.1. The Kier molecular flexibility index (Phi) is 4.86. The molecule has 0 unspecified atom stereocenters. The molecule has 0 N–H and O–H groups in total. The van der Waals surface area contributed by atoms with Crippen LogP contribution in [0.1, 0.15) is 22.4 Å². The molecule has 0 saturated heterocycles. The first-order chi connectivity index (χ1) is 13.5. The largest absolute Gasteiger partial charge is 0.483 e. The summed E-state index contributed by atoms with van der Waals surface area (Å²) in [4.78, 5) is 14.3. The normalized spacial score (nSPS) is 13.3.